The molecule has 0 saturated carbocycles. The van der Waals surface area contributed by atoms with Crippen molar-refractivity contribution in [1.29, 1.82) is 0 Å². The molecule has 6 nitrogen and oxygen atoms in total. The average Bonchev–Trinajstić information content (AvgIpc) is 2.60. The molecular weight excluding hydrogens is 310 g/mol. The highest BCUT2D eigenvalue weighted by atomic mass is 16.5. The molecule has 0 spiro atoms. The first-order chi connectivity index (χ1) is 11.5. The van der Waals surface area contributed by atoms with Crippen LogP contribution in [0.2, 0.25) is 0 Å². The molecule has 0 aromatic heterocycles. The van der Waals surface area contributed by atoms with Crippen molar-refractivity contribution in [3.8, 4) is 11.5 Å². The van der Waals surface area contributed by atoms with E-state index in [9.17, 15) is 9.59 Å². The zero-order valence-electron chi connectivity index (χ0n) is 13.5. The smallest absolute Gasteiger partial charge is 0.335 e. The van der Waals surface area contributed by atoms with E-state index in [2.05, 4.69) is 5.32 Å². The van der Waals surface area contributed by atoms with E-state index in [1.807, 2.05) is 30.3 Å². The minimum Gasteiger partial charge on any atom is -0.493 e. The highest BCUT2D eigenvalue weighted by Gasteiger charge is 2.17. The molecule has 1 atom stereocenters. The number of hydrogen-bond donors (Lipinski definition) is 2. The maximum absolute atomic E-state index is 12.1. The van der Waals surface area contributed by atoms with Gasteiger partial charge in [-0.15, -0.1) is 0 Å². The Morgan fingerprint density at radius 3 is 2.46 bits per heavy atom. The summed E-state index contributed by atoms with van der Waals surface area (Å²) < 4.78 is 10.7. The van der Waals surface area contributed by atoms with Gasteiger partial charge in [-0.05, 0) is 30.7 Å². The zero-order chi connectivity index (χ0) is 17.5. The molecule has 2 N–H and O–H groups in total. The van der Waals surface area contributed by atoms with E-state index in [0.717, 1.165) is 5.56 Å². The van der Waals surface area contributed by atoms with Gasteiger partial charge in [0, 0.05) is 6.54 Å². The summed E-state index contributed by atoms with van der Waals surface area (Å²) >= 11 is 0. The molecule has 0 radical (unpaired) electrons. The van der Waals surface area contributed by atoms with Crippen molar-refractivity contribution in [2.75, 3.05) is 7.11 Å². The lowest BCUT2D eigenvalue weighted by molar-refractivity contribution is -0.127. The second-order valence-electron chi connectivity index (χ2n) is 5.13. The zero-order valence-corrected chi connectivity index (χ0v) is 13.5. The van der Waals surface area contributed by atoms with E-state index >= 15 is 0 Å². The summed E-state index contributed by atoms with van der Waals surface area (Å²) in [7, 11) is 1.41. The van der Waals surface area contributed by atoms with Gasteiger partial charge in [-0.2, -0.15) is 0 Å². The highest BCUT2D eigenvalue weighted by molar-refractivity contribution is 5.88. The number of carbonyl (C=O) groups is 2. The number of amides is 1. The van der Waals surface area contributed by atoms with Crippen molar-refractivity contribution >= 4 is 11.9 Å². The van der Waals surface area contributed by atoms with E-state index in [1.54, 1.807) is 6.92 Å². The molecule has 6 heteroatoms. The largest absolute Gasteiger partial charge is 0.493 e. The molecule has 0 aliphatic rings. The minimum atomic E-state index is -1.06. The number of rotatable bonds is 7. The number of nitrogens with one attached hydrogen (secondary N) is 1. The Labute approximate surface area is 140 Å². The van der Waals surface area contributed by atoms with Crippen LogP contribution < -0.4 is 14.8 Å². The molecule has 24 heavy (non-hydrogen) atoms. The molecule has 2 rings (SSSR count). The number of benzene rings is 2. The maximum atomic E-state index is 12.1. The van der Waals surface area contributed by atoms with Crippen LogP contribution in [0.15, 0.2) is 48.5 Å². The molecule has 2 aromatic rings. The van der Waals surface area contributed by atoms with Gasteiger partial charge in [0.05, 0.1) is 12.7 Å². The SMILES string of the molecule is COc1cc(C(=O)O)ccc1OC(C)C(=O)NCc1ccccc1. The second-order valence-corrected chi connectivity index (χ2v) is 5.13. The number of carbonyl (C=O) groups excluding carboxylic acids is 1. The number of carboxylic acids is 1. The molecule has 0 fully saturated rings. The second kappa shape index (κ2) is 8.01. The lowest BCUT2D eigenvalue weighted by Gasteiger charge is -2.17. The average molecular weight is 329 g/mol. The maximum Gasteiger partial charge on any atom is 0.335 e. The van der Waals surface area contributed by atoms with Crippen LogP contribution in [0.3, 0.4) is 0 Å². The van der Waals surface area contributed by atoms with Crippen LogP contribution in [0.1, 0.15) is 22.8 Å². The quantitative estimate of drug-likeness (QED) is 0.815. The van der Waals surface area contributed by atoms with E-state index in [-0.39, 0.29) is 17.2 Å². The van der Waals surface area contributed by atoms with E-state index < -0.39 is 12.1 Å². The predicted octanol–water partition coefficient (Wildman–Crippen LogP) is 2.48. The van der Waals surface area contributed by atoms with Crippen LogP contribution in [-0.2, 0) is 11.3 Å². The fraction of sp³-hybridized carbons (Fsp3) is 0.222. The first kappa shape index (κ1) is 17.3. The lowest BCUT2D eigenvalue weighted by Crippen LogP contribution is -2.36. The van der Waals surface area contributed by atoms with Crippen molar-refractivity contribution in [3.63, 3.8) is 0 Å². The first-order valence-electron chi connectivity index (χ1n) is 7.41. The van der Waals surface area contributed by atoms with Gasteiger partial charge in [0.15, 0.2) is 17.6 Å². The van der Waals surface area contributed by atoms with Crippen LogP contribution in [0.4, 0.5) is 0 Å². The van der Waals surface area contributed by atoms with Gasteiger partial charge in [-0.25, -0.2) is 4.79 Å². The van der Waals surface area contributed by atoms with Crippen molar-refractivity contribution in [3.05, 3.63) is 59.7 Å². The van der Waals surface area contributed by atoms with Crippen LogP contribution in [-0.4, -0.2) is 30.2 Å². The summed E-state index contributed by atoms with van der Waals surface area (Å²) in [5.74, 6) is -0.765. The summed E-state index contributed by atoms with van der Waals surface area (Å²) in [6.07, 6.45) is -0.752. The van der Waals surface area contributed by atoms with Crippen LogP contribution in [0.5, 0.6) is 11.5 Å². The number of ether oxygens (including phenoxy) is 2. The molecule has 0 saturated heterocycles. The Bertz CT molecular complexity index is 715. The van der Waals surface area contributed by atoms with Gasteiger partial charge in [-0.3, -0.25) is 4.79 Å². The highest BCUT2D eigenvalue weighted by Crippen LogP contribution is 2.29. The summed E-state index contributed by atoms with van der Waals surface area (Å²) in [5, 5.41) is 11.8. The van der Waals surface area contributed by atoms with Gasteiger partial charge in [0.25, 0.3) is 5.91 Å². The third-order valence-electron chi connectivity index (χ3n) is 3.39. The monoisotopic (exact) mass is 329 g/mol. The Kier molecular flexibility index (Phi) is 5.78. The van der Waals surface area contributed by atoms with E-state index in [1.165, 1.54) is 25.3 Å². The van der Waals surface area contributed by atoms with Crippen molar-refractivity contribution in [2.24, 2.45) is 0 Å². The summed E-state index contributed by atoms with van der Waals surface area (Å²) in [5.41, 5.74) is 1.07. The van der Waals surface area contributed by atoms with Crippen LogP contribution in [0, 0.1) is 0 Å². The first-order valence-corrected chi connectivity index (χ1v) is 7.41. The minimum absolute atomic E-state index is 0.0837. The normalized spacial score (nSPS) is 11.4. The molecule has 1 amide bonds. The summed E-state index contributed by atoms with van der Waals surface area (Å²) in [6.45, 7) is 2.02. The summed E-state index contributed by atoms with van der Waals surface area (Å²) in [4.78, 5) is 23.1. The number of carboxylic acid groups (broad SMARTS) is 1. The number of methoxy groups -OCH3 is 1. The molecule has 0 aliphatic heterocycles. The third-order valence-corrected chi connectivity index (χ3v) is 3.39. The molecule has 0 aliphatic carbocycles. The Morgan fingerprint density at radius 1 is 1.12 bits per heavy atom. The van der Waals surface area contributed by atoms with E-state index in [4.69, 9.17) is 14.6 Å². The Balaban J connectivity index is 1.99. The van der Waals surface area contributed by atoms with Crippen LogP contribution in [0.25, 0.3) is 0 Å². The van der Waals surface area contributed by atoms with Crippen LogP contribution >= 0.6 is 0 Å². The molecule has 0 bridgehead atoms. The van der Waals surface area contributed by atoms with E-state index in [0.29, 0.717) is 12.3 Å². The Hall–Kier alpha value is -3.02. The van der Waals surface area contributed by atoms with Crippen molar-refractivity contribution in [1.82, 2.24) is 5.32 Å². The fourth-order valence-corrected chi connectivity index (χ4v) is 2.07. The Morgan fingerprint density at radius 2 is 1.83 bits per heavy atom. The van der Waals surface area contributed by atoms with Gasteiger partial charge in [-0.1, -0.05) is 30.3 Å². The fourth-order valence-electron chi connectivity index (χ4n) is 2.07. The molecule has 2 aromatic carbocycles. The van der Waals surface area contributed by atoms with Gasteiger partial charge in [0.1, 0.15) is 0 Å². The van der Waals surface area contributed by atoms with Crippen molar-refractivity contribution < 1.29 is 24.2 Å². The summed E-state index contributed by atoms with van der Waals surface area (Å²) in [6, 6.07) is 13.8. The predicted molar refractivity (Wildman–Crippen MR) is 88.3 cm³/mol. The van der Waals surface area contributed by atoms with Gasteiger partial charge >= 0.3 is 5.97 Å². The van der Waals surface area contributed by atoms with Gasteiger partial charge in [0.2, 0.25) is 0 Å². The molecule has 126 valence electrons. The molecular formula is C18H19NO5. The third kappa shape index (κ3) is 4.49. The topological polar surface area (TPSA) is 84.9 Å². The standard InChI is InChI=1S/C18H19NO5/c1-12(17(20)19-11-13-6-4-3-5-7-13)24-15-9-8-14(18(21)22)10-16(15)23-2/h3-10,12H,11H2,1-2H3,(H,19,20)(H,21,22). The lowest BCUT2D eigenvalue weighted by atomic mass is 10.2. The van der Waals surface area contributed by atoms with Gasteiger partial charge < -0.3 is 19.9 Å². The number of hydrogen-bond acceptors (Lipinski definition) is 4. The number of aromatic carboxylic acids is 1. The van der Waals surface area contributed by atoms with Crippen molar-refractivity contribution in [2.45, 2.75) is 19.6 Å². The molecule has 1 unspecified atom stereocenters. The molecule has 0 heterocycles.